The minimum absolute atomic E-state index is 0.0618. The Morgan fingerprint density at radius 1 is 1.19 bits per heavy atom. The zero-order valence-electron chi connectivity index (χ0n) is 14.6. The molecule has 1 saturated carbocycles. The van der Waals surface area contributed by atoms with Gasteiger partial charge >= 0.3 is 5.97 Å². The van der Waals surface area contributed by atoms with Crippen LogP contribution < -0.4 is 4.31 Å². The Kier molecular flexibility index (Phi) is 5.53. The second-order valence-corrected chi connectivity index (χ2v) is 8.58. The molecule has 3 rings (SSSR count). The number of halogens is 1. The molecule has 0 aliphatic heterocycles. The number of carbonyl (C=O) groups is 2. The highest BCUT2D eigenvalue weighted by Gasteiger charge is 2.30. The lowest BCUT2D eigenvalue weighted by molar-refractivity contribution is -0.124. The van der Waals surface area contributed by atoms with Crippen molar-refractivity contribution >= 4 is 39.1 Å². The second-order valence-electron chi connectivity index (χ2n) is 6.20. The number of anilines is 1. The van der Waals surface area contributed by atoms with Crippen LogP contribution in [-0.4, -0.2) is 33.3 Å². The van der Waals surface area contributed by atoms with E-state index in [4.69, 9.17) is 16.3 Å². The largest absolute Gasteiger partial charge is 0.451 e. The Balaban J connectivity index is 1.90. The van der Waals surface area contributed by atoms with E-state index in [0.717, 1.165) is 4.31 Å². The summed E-state index contributed by atoms with van der Waals surface area (Å²) in [6.07, 6.45) is 0.723. The first-order valence-corrected chi connectivity index (χ1v) is 10.2. The number of hydrogen-bond acceptors (Lipinski definition) is 5. The molecular formula is C19H18ClNO5S. The van der Waals surface area contributed by atoms with Crippen LogP contribution in [0.25, 0.3) is 0 Å². The summed E-state index contributed by atoms with van der Waals surface area (Å²) in [6.45, 7) is 0. The molecule has 0 unspecified atom stereocenters. The van der Waals surface area contributed by atoms with Gasteiger partial charge in [0, 0.05) is 13.5 Å². The van der Waals surface area contributed by atoms with Gasteiger partial charge in [-0.25, -0.2) is 13.2 Å². The highest BCUT2D eigenvalue weighted by atomic mass is 35.5. The molecule has 0 N–H and O–H groups in total. The zero-order chi connectivity index (χ0) is 19.6. The normalized spacial score (nSPS) is 17.0. The van der Waals surface area contributed by atoms with E-state index >= 15 is 0 Å². The maximum atomic E-state index is 12.9. The van der Waals surface area contributed by atoms with E-state index in [1.807, 2.05) is 0 Å². The first-order valence-electron chi connectivity index (χ1n) is 8.38. The number of nitrogens with zero attached hydrogens (tertiary/aromatic N) is 1. The molecule has 6 nitrogen and oxygen atoms in total. The van der Waals surface area contributed by atoms with Crippen molar-refractivity contribution in [2.75, 3.05) is 11.4 Å². The van der Waals surface area contributed by atoms with Gasteiger partial charge < -0.3 is 4.74 Å². The van der Waals surface area contributed by atoms with Crippen molar-refractivity contribution in [3.05, 3.63) is 59.1 Å². The van der Waals surface area contributed by atoms with Crippen LogP contribution >= 0.6 is 11.6 Å². The van der Waals surface area contributed by atoms with Crippen LogP contribution in [-0.2, 0) is 19.6 Å². The van der Waals surface area contributed by atoms with E-state index in [2.05, 4.69) is 0 Å². The maximum absolute atomic E-state index is 12.9. The summed E-state index contributed by atoms with van der Waals surface area (Å²) in [6, 6.07) is 12.4. The van der Waals surface area contributed by atoms with Crippen LogP contribution in [0.4, 0.5) is 5.69 Å². The molecule has 1 fully saturated rings. The van der Waals surface area contributed by atoms with Gasteiger partial charge in [0.25, 0.3) is 10.0 Å². The molecule has 27 heavy (non-hydrogen) atoms. The van der Waals surface area contributed by atoms with Crippen molar-refractivity contribution in [2.45, 2.75) is 30.3 Å². The molecule has 0 bridgehead atoms. The van der Waals surface area contributed by atoms with Crippen LogP contribution in [0.15, 0.2) is 53.4 Å². The number of Topliss-reactive ketones (excluding diaryl/α,β-unsaturated/α-hetero) is 1. The van der Waals surface area contributed by atoms with Crippen molar-refractivity contribution in [2.24, 2.45) is 0 Å². The number of ketones is 1. The number of esters is 1. The van der Waals surface area contributed by atoms with Crippen molar-refractivity contribution in [1.29, 1.82) is 0 Å². The van der Waals surface area contributed by atoms with Crippen molar-refractivity contribution in [1.82, 2.24) is 0 Å². The SMILES string of the molecule is CN(c1ccccc1)S(=O)(=O)c1ccc(Cl)c(C(=O)O[C@@H]2CCCC2=O)c1. The Hall–Kier alpha value is -2.38. The molecule has 2 aromatic rings. The topological polar surface area (TPSA) is 80.8 Å². The fraction of sp³-hybridized carbons (Fsp3) is 0.263. The minimum Gasteiger partial charge on any atom is -0.451 e. The van der Waals surface area contributed by atoms with E-state index in [-0.39, 0.29) is 21.3 Å². The van der Waals surface area contributed by atoms with E-state index in [9.17, 15) is 18.0 Å². The summed E-state index contributed by atoms with van der Waals surface area (Å²) in [4.78, 5) is 24.0. The summed E-state index contributed by atoms with van der Waals surface area (Å²) in [7, 11) is -2.48. The molecule has 0 radical (unpaired) electrons. The molecular weight excluding hydrogens is 390 g/mol. The van der Waals surface area contributed by atoms with Crippen LogP contribution in [0.1, 0.15) is 29.6 Å². The predicted molar refractivity (Wildman–Crippen MR) is 102 cm³/mol. The number of rotatable bonds is 5. The summed E-state index contributed by atoms with van der Waals surface area (Å²) >= 11 is 6.07. The molecule has 8 heteroatoms. The van der Waals surface area contributed by atoms with Gasteiger partial charge in [0.2, 0.25) is 0 Å². The molecule has 2 aromatic carbocycles. The first-order chi connectivity index (χ1) is 12.8. The summed E-state index contributed by atoms with van der Waals surface area (Å²) < 4.78 is 32.1. The van der Waals surface area contributed by atoms with Gasteiger partial charge in [-0.1, -0.05) is 29.8 Å². The van der Waals surface area contributed by atoms with Crippen LogP contribution in [0.3, 0.4) is 0 Å². The van der Waals surface area contributed by atoms with Crippen LogP contribution in [0.5, 0.6) is 0 Å². The van der Waals surface area contributed by atoms with E-state index in [1.54, 1.807) is 30.3 Å². The molecule has 1 aliphatic rings. The molecule has 0 spiro atoms. The highest BCUT2D eigenvalue weighted by molar-refractivity contribution is 7.92. The Bertz CT molecular complexity index is 975. The average Bonchev–Trinajstić information content (AvgIpc) is 3.06. The third-order valence-electron chi connectivity index (χ3n) is 4.43. The van der Waals surface area contributed by atoms with Gasteiger partial charge in [-0.05, 0) is 43.2 Å². The lowest BCUT2D eigenvalue weighted by Gasteiger charge is -2.20. The molecule has 0 saturated heterocycles. The van der Waals surface area contributed by atoms with Crippen molar-refractivity contribution < 1.29 is 22.7 Å². The van der Waals surface area contributed by atoms with Crippen LogP contribution in [0.2, 0.25) is 5.02 Å². The molecule has 142 valence electrons. The average molecular weight is 408 g/mol. The van der Waals surface area contributed by atoms with Gasteiger partial charge in [0.05, 0.1) is 21.2 Å². The maximum Gasteiger partial charge on any atom is 0.340 e. The molecule has 1 aliphatic carbocycles. The summed E-state index contributed by atoms with van der Waals surface area (Å²) in [5.74, 6) is -0.938. The van der Waals surface area contributed by atoms with E-state index in [1.165, 1.54) is 25.2 Å². The number of hydrogen-bond donors (Lipinski definition) is 0. The number of para-hydroxylation sites is 1. The smallest absolute Gasteiger partial charge is 0.340 e. The fourth-order valence-electron chi connectivity index (χ4n) is 2.86. The van der Waals surface area contributed by atoms with Gasteiger partial charge in [-0.3, -0.25) is 9.10 Å². The molecule has 0 amide bonds. The predicted octanol–water partition coefficient (Wildman–Crippen LogP) is 3.44. The first kappa shape index (κ1) is 19.4. The second kappa shape index (κ2) is 7.70. The van der Waals surface area contributed by atoms with E-state index < -0.39 is 22.1 Å². The number of carbonyl (C=O) groups excluding carboxylic acids is 2. The van der Waals surface area contributed by atoms with E-state index in [0.29, 0.717) is 24.9 Å². The fourth-order valence-corrected chi connectivity index (χ4v) is 4.27. The standard InChI is InChI=1S/C19H18ClNO5S/c1-21(13-6-3-2-4-7-13)27(24,25)14-10-11-16(20)15(12-14)19(23)26-18-9-5-8-17(18)22/h2-4,6-7,10-12,18H,5,8-9H2,1H3/t18-/m1/s1. The number of benzene rings is 2. The zero-order valence-corrected chi connectivity index (χ0v) is 16.2. The minimum atomic E-state index is -3.90. The van der Waals surface area contributed by atoms with Gasteiger partial charge in [0.1, 0.15) is 0 Å². The van der Waals surface area contributed by atoms with Crippen molar-refractivity contribution in [3.63, 3.8) is 0 Å². The lowest BCUT2D eigenvalue weighted by Crippen LogP contribution is -2.27. The summed E-state index contributed by atoms with van der Waals surface area (Å²) in [5.41, 5.74) is 0.395. The third-order valence-corrected chi connectivity index (χ3v) is 6.54. The van der Waals surface area contributed by atoms with Crippen LogP contribution in [0, 0.1) is 0 Å². The molecule has 0 heterocycles. The quantitative estimate of drug-likeness (QED) is 0.709. The number of ether oxygens (including phenoxy) is 1. The monoisotopic (exact) mass is 407 g/mol. The third kappa shape index (κ3) is 3.99. The van der Waals surface area contributed by atoms with Gasteiger partial charge in [0.15, 0.2) is 11.9 Å². The summed E-state index contributed by atoms with van der Waals surface area (Å²) in [5, 5.41) is 0.0618. The lowest BCUT2D eigenvalue weighted by atomic mass is 10.2. The Morgan fingerprint density at radius 2 is 1.89 bits per heavy atom. The Labute approximate surface area is 162 Å². The number of sulfonamides is 1. The Morgan fingerprint density at radius 3 is 2.52 bits per heavy atom. The van der Waals surface area contributed by atoms with Gasteiger partial charge in [-0.15, -0.1) is 0 Å². The molecule has 1 atom stereocenters. The molecule has 0 aromatic heterocycles. The highest BCUT2D eigenvalue weighted by Crippen LogP contribution is 2.27. The van der Waals surface area contributed by atoms with Crippen molar-refractivity contribution in [3.8, 4) is 0 Å². The van der Waals surface area contributed by atoms with Gasteiger partial charge in [-0.2, -0.15) is 0 Å².